The van der Waals surface area contributed by atoms with Crippen LogP contribution in [0.15, 0.2) is 60.7 Å². The van der Waals surface area contributed by atoms with E-state index in [2.05, 4.69) is 29.4 Å². The summed E-state index contributed by atoms with van der Waals surface area (Å²) in [5.74, 6) is 0.759. The maximum absolute atomic E-state index is 13.1. The first kappa shape index (κ1) is 29.9. The molecule has 0 aliphatic heterocycles. The zero-order valence-electron chi connectivity index (χ0n) is 25.1. The first-order valence-corrected chi connectivity index (χ1v) is 15.1. The largest absolute Gasteiger partial charge is 0.390 e. The predicted octanol–water partition coefficient (Wildman–Crippen LogP) is 5.65. The van der Waals surface area contributed by atoms with Crippen LogP contribution in [0.2, 0.25) is 0 Å². The fourth-order valence-electron chi connectivity index (χ4n) is 7.10. The lowest BCUT2D eigenvalue weighted by atomic mass is 9.63. The second-order valence-corrected chi connectivity index (χ2v) is 12.9. The van der Waals surface area contributed by atoms with Gasteiger partial charge in [-0.25, -0.2) is 0 Å². The Bertz CT molecular complexity index is 1400. The van der Waals surface area contributed by atoms with E-state index >= 15 is 0 Å². The van der Waals surface area contributed by atoms with Crippen molar-refractivity contribution in [2.75, 3.05) is 5.32 Å². The molecule has 8 nitrogen and oxygen atoms in total. The molecule has 5 rings (SSSR count). The number of nitrogens with one attached hydrogen (secondary N) is 1. The number of benzene rings is 2. The van der Waals surface area contributed by atoms with Crippen LogP contribution in [-0.4, -0.2) is 49.7 Å². The maximum atomic E-state index is 13.1. The molecule has 4 N–H and O–H groups in total. The summed E-state index contributed by atoms with van der Waals surface area (Å²) >= 11 is 0. The van der Waals surface area contributed by atoms with Crippen LogP contribution in [0.5, 0.6) is 0 Å². The molecule has 3 aromatic rings. The third kappa shape index (κ3) is 6.55. The van der Waals surface area contributed by atoms with Gasteiger partial charge >= 0.3 is 0 Å². The number of rotatable bonds is 8. The summed E-state index contributed by atoms with van der Waals surface area (Å²) in [6.07, 6.45) is 5.17. The van der Waals surface area contributed by atoms with Crippen LogP contribution >= 0.6 is 0 Å². The van der Waals surface area contributed by atoms with E-state index in [1.165, 1.54) is 0 Å². The second-order valence-electron chi connectivity index (χ2n) is 12.9. The number of aliphatic hydroxyl groups is 1. The van der Waals surface area contributed by atoms with Gasteiger partial charge in [-0.15, -0.1) is 10.2 Å². The summed E-state index contributed by atoms with van der Waals surface area (Å²) in [4.78, 5) is 27.2. The molecule has 2 aliphatic rings. The van der Waals surface area contributed by atoms with Crippen LogP contribution in [0, 0.1) is 5.92 Å². The van der Waals surface area contributed by atoms with Gasteiger partial charge in [0, 0.05) is 42.1 Å². The number of carbonyl (C=O) groups excluding carboxylic acids is 2. The van der Waals surface area contributed by atoms with Gasteiger partial charge in [-0.1, -0.05) is 54.6 Å². The fraction of sp³-hybridized carbons (Fsp3) is 0.471. The molecule has 0 atom stereocenters. The Morgan fingerprint density at radius 1 is 1.00 bits per heavy atom. The molecule has 2 fully saturated rings. The minimum absolute atomic E-state index is 0.0687. The molecular weight excluding hydrogens is 526 g/mol. The van der Waals surface area contributed by atoms with E-state index < -0.39 is 11.1 Å². The summed E-state index contributed by atoms with van der Waals surface area (Å²) in [7, 11) is 0. The van der Waals surface area contributed by atoms with Gasteiger partial charge in [0.2, 0.25) is 11.8 Å². The lowest BCUT2D eigenvalue weighted by Gasteiger charge is -2.49. The molecule has 222 valence electrons. The number of carbonyl (C=O) groups is 2. The summed E-state index contributed by atoms with van der Waals surface area (Å²) < 4.78 is 0. The first-order valence-electron chi connectivity index (χ1n) is 15.1. The van der Waals surface area contributed by atoms with Gasteiger partial charge in [0.1, 0.15) is 5.69 Å². The number of hydrogen-bond acceptors (Lipinski definition) is 6. The third-order valence-corrected chi connectivity index (χ3v) is 8.88. The van der Waals surface area contributed by atoms with E-state index in [4.69, 9.17) is 5.73 Å². The molecule has 0 unspecified atom stereocenters. The highest BCUT2D eigenvalue weighted by Crippen LogP contribution is 2.46. The Hall–Kier alpha value is -3.62. The number of nitrogens with two attached hydrogens (primary N) is 1. The number of hydrogen-bond donors (Lipinski definition) is 3. The zero-order valence-corrected chi connectivity index (χ0v) is 25.1. The normalized spacial score (nSPS) is 25.5. The SMILES string of the molecule is CC(=O)N(C(C)C)C1CCC(CC(=O)Nc2cc(-c3ccccc3)c(-c3ccc(C4(N)CC(C)(O)C4)cc3)nn2)CC1. The number of amides is 2. The lowest BCUT2D eigenvalue weighted by molar-refractivity contribution is -0.134. The van der Waals surface area contributed by atoms with Crippen molar-refractivity contribution < 1.29 is 14.7 Å². The van der Waals surface area contributed by atoms with Gasteiger partial charge in [-0.2, -0.15) is 0 Å². The smallest absolute Gasteiger partial charge is 0.225 e. The number of aromatic nitrogens is 2. The fourth-order valence-corrected chi connectivity index (χ4v) is 7.10. The first-order chi connectivity index (χ1) is 19.9. The van der Waals surface area contributed by atoms with Crippen LogP contribution in [0.1, 0.15) is 78.2 Å². The average Bonchev–Trinajstić information content (AvgIpc) is 2.93. The van der Waals surface area contributed by atoms with Crippen molar-refractivity contribution in [3.63, 3.8) is 0 Å². The van der Waals surface area contributed by atoms with Crippen molar-refractivity contribution in [3.8, 4) is 22.4 Å². The minimum atomic E-state index is -0.719. The monoisotopic (exact) mass is 569 g/mol. The van der Waals surface area contributed by atoms with Gasteiger partial charge in [0.25, 0.3) is 0 Å². The van der Waals surface area contributed by atoms with Crippen molar-refractivity contribution in [2.45, 2.75) is 95.9 Å². The summed E-state index contributed by atoms with van der Waals surface area (Å²) in [6, 6.07) is 20.3. The van der Waals surface area contributed by atoms with Gasteiger partial charge in [0.05, 0.1) is 5.60 Å². The number of nitrogens with zero attached hydrogens (tertiary/aromatic N) is 3. The van der Waals surface area contributed by atoms with Crippen molar-refractivity contribution >= 4 is 17.6 Å². The third-order valence-electron chi connectivity index (χ3n) is 8.88. The molecule has 2 amide bonds. The molecule has 2 saturated carbocycles. The molecular formula is C34H43N5O3. The van der Waals surface area contributed by atoms with Gasteiger partial charge in [-0.05, 0) is 82.4 Å². The van der Waals surface area contributed by atoms with Crippen molar-refractivity contribution in [2.24, 2.45) is 11.7 Å². The highest BCUT2D eigenvalue weighted by Gasteiger charge is 2.49. The summed E-state index contributed by atoms with van der Waals surface area (Å²) in [5, 5.41) is 22.1. The molecule has 2 aliphatic carbocycles. The Labute approximate surface area is 248 Å². The highest BCUT2D eigenvalue weighted by molar-refractivity contribution is 5.91. The van der Waals surface area contributed by atoms with Gasteiger partial charge in [0.15, 0.2) is 5.82 Å². The molecule has 42 heavy (non-hydrogen) atoms. The van der Waals surface area contributed by atoms with E-state index in [0.717, 1.165) is 53.6 Å². The van der Waals surface area contributed by atoms with E-state index in [1.54, 1.807) is 6.92 Å². The Morgan fingerprint density at radius 2 is 1.64 bits per heavy atom. The molecule has 0 saturated heterocycles. The molecule has 1 heterocycles. The molecule has 0 bridgehead atoms. The Kier molecular flexibility index (Phi) is 8.49. The molecule has 8 heteroatoms. The molecule has 2 aromatic carbocycles. The van der Waals surface area contributed by atoms with Crippen molar-refractivity contribution in [1.82, 2.24) is 15.1 Å². The molecule has 1 aromatic heterocycles. The van der Waals surface area contributed by atoms with E-state index in [1.807, 2.05) is 72.5 Å². The van der Waals surface area contributed by atoms with Crippen molar-refractivity contribution in [1.29, 1.82) is 0 Å². The van der Waals surface area contributed by atoms with Crippen LogP contribution in [0.3, 0.4) is 0 Å². The van der Waals surface area contributed by atoms with Crippen LogP contribution < -0.4 is 11.1 Å². The quantitative estimate of drug-likeness (QED) is 0.322. The minimum Gasteiger partial charge on any atom is -0.390 e. The van der Waals surface area contributed by atoms with Crippen molar-refractivity contribution in [3.05, 3.63) is 66.2 Å². The number of anilines is 1. The van der Waals surface area contributed by atoms with Crippen LogP contribution in [0.25, 0.3) is 22.4 Å². The maximum Gasteiger partial charge on any atom is 0.225 e. The van der Waals surface area contributed by atoms with E-state index in [0.29, 0.717) is 25.1 Å². The summed E-state index contributed by atoms with van der Waals surface area (Å²) in [6.45, 7) is 7.57. The standard InChI is InChI=1S/C34H43N5O3/c1-22(2)39(23(3)40)28-16-10-24(11-17-28)18-31(41)36-30-19-29(25-8-6-5-7-9-25)32(38-37-30)26-12-14-27(15-13-26)34(35)20-33(4,42)21-34/h5-9,12-15,19,22,24,28,42H,10-11,16-18,20-21,35H2,1-4H3,(H,36,37,41). The summed E-state index contributed by atoms with van der Waals surface area (Å²) in [5.41, 5.74) is 9.76. The zero-order chi connectivity index (χ0) is 30.1. The second kappa shape index (κ2) is 11.9. The Balaban J connectivity index is 1.28. The van der Waals surface area contributed by atoms with Crippen LogP contribution in [0.4, 0.5) is 5.82 Å². The van der Waals surface area contributed by atoms with Gasteiger partial charge in [-0.3, -0.25) is 9.59 Å². The van der Waals surface area contributed by atoms with Gasteiger partial charge < -0.3 is 21.1 Å². The topological polar surface area (TPSA) is 121 Å². The average molecular weight is 570 g/mol. The Morgan fingerprint density at radius 3 is 2.21 bits per heavy atom. The molecule has 0 spiro atoms. The van der Waals surface area contributed by atoms with E-state index in [-0.39, 0.29) is 29.8 Å². The predicted molar refractivity (Wildman–Crippen MR) is 165 cm³/mol. The molecule has 0 radical (unpaired) electrons. The van der Waals surface area contributed by atoms with E-state index in [9.17, 15) is 14.7 Å². The van der Waals surface area contributed by atoms with Crippen LogP contribution in [-0.2, 0) is 15.1 Å². The highest BCUT2D eigenvalue weighted by atomic mass is 16.3. The lowest BCUT2D eigenvalue weighted by Crippen LogP contribution is -2.58.